The number of aliphatic carboxylic acids is 1. The predicted molar refractivity (Wildman–Crippen MR) is 49.6 cm³/mol. The lowest BCUT2D eigenvalue weighted by Crippen LogP contribution is -2.03. The van der Waals surface area contributed by atoms with E-state index in [1.165, 1.54) is 6.26 Å². The van der Waals surface area contributed by atoms with E-state index in [2.05, 4.69) is 0 Å². The highest BCUT2D eigenvalue weighted by molar-refractivity contribution is 6.55. The van der Waals surface area contributed by atoms with Crippen molar-refractivity contribution < 1.29 is 14.6 Å². The van der Waals surface area contributed by atoms with Crippen LogP contribution >= 0.6 is 23.2 Å². The maximum atomic E-state index is 10.7. The molecule has 1 aliphatic carbocycles. The topological polar surface area (TPSA) is 46.5 Å². The Kier molecular flexibility index (Phi) is 2.78. The molecule has 2 atom stereocenters. The minimum absolute atomic E-state index is 0.00756. The molecule has 13 heavy (non-hydrogen) atoms. The first-order valence-corrected chi connectivity index (χ1v) is 4.52. The maximum absolute atomic E-state index is 10.7. The quantitative estimate of drug-likeness (QED) is 0.750. The number of carboxylic acid groups (broad SMARTS) is 1. The summed E-state index contributed by atoms with van der Waals surface area (Å²) < 4.78 is 5.09. The number of halogens is 2. The summed E-state index contributed by atoms with van der Waals surface area (Å²) in [6.07, 6.45) is 0.829. The molecule has 1 rings (SSSR count). The summed E-state index contributed by atoms with van der Waals surface area (Å²) in [6.45, 7) is 3.65. The minimum Gasteiger partial charge on any atom is -0.494 e. The Bertz CT molecular complexity index is 256. The summed E-state index contributed by atoms with van der Waals surface area (Å²) in [6, 6.07) is 0. The molecule has 0 saturated heterocycles. The van der Waals surface area contributed by atoms with Crippen molar-refractivity contribution in [1.82, 2.24) is 0 Å². The van der Waals surface area contributed by atoms with Crippen LogP contribution in [0.3, 0.4) is 0 Å². The largest absolute Gasteiger partial charge is 0.494 e. The second kappa shape index (κ2) is 3.39. The van der Waals surface area contributed by atoms with Gasteiger partial charge in [0.15, 0.2) is 0 Å². The molecule has 0 aromatic rings. The Hall–Kier alpha value is -0.410. The number of ether oxygens (including phenoxy) is 1. The molecule has 0 radical (unpaired) electrons. The molecule has 5 heteroatoms. The summed E-state index contributed by atoms with van der Waals surface area (Å²) in [7, 11) is 0. The van der Waals surface area contributed by atoms with Crippen molar-refractivity contribution in [2.24, 2.45) is 11.3 Å². The van der Waals surface area contributed by atoms with E-state index < -0.39 is 11.9 Å². The van der Waals surface area contributed by atoms with E-state index in [0.29, 0.717) is 0 Å². The lowest BCUT2D eigenvalue weighted by atomic mass is 10.1. The van der Waals surface area contributed by atoms with E-state index in [1.807, 2.05) is 13.8 Å². The van der Waals surface area contributed by atoms with Crippen molar-refractivity contribution in [3.8, 4) is 0 Å². The Labute approximate surface area is 86.3 Å². The molecular formula is C8H10Cl2O3. The maximum Gasteiger partial charge on any atom is 0.310 e. The molecule has 1 aliphatic rings. The van der Waals surface area contributed by atoms with Crippen molar-refractivity contribution >= 4 is 29.2 Å². The Morgan fingerprint density at radius 3 is 2.38 bits per heavy atom. The first-order valence-electron chi connectivity index (χ1n) is 3.77. The van der Waals surface area contributed by atoms with Gasteiger partial charge in [-0.15, -0.1) is 0 Å². The van der Waals surface area contributed by atoms with Crippen LogP contribution in [0.4, 0.5) is 0 Å². The Morgan fingerprint density at radius 2 is 2.08 bits per heavy atom. The molecule has 0 spiro atoms. The summed E-state index contributed by atoms with van der Waals surface area (Å²) in [5, 5.41) is 8.76. The molecule has 1 saturated carbocycles. The molecule has 0 aromatic carbocycles. The molecule has 1 N–H and O–H groups in total. The van der Waals surface area contributed by atoms with Crippen molar-refractivity contribution in [3.05, 3.63) is 10.8 Å². The number of carboxylic acids is 1. The number of hydrogen-bond donors (Lipinski definition) is 1. The van der Waals surface area contributed by atoms with Crippen LogP contribution in [-0.2, 0) is 9.53 Å². The Morgan fingerprint density at radius 1 is 1.54 bits per heavy atom. The lowest BCUT2D eigenvalue weighted by molar-refractivity contribution is -0.139. The van der Waals surface area contributed by atoms with Gasteiger partial charge in [-0.1, -0.05) is 37.0 Å². The van der Waals surface area contributed by atoms with Gasteiger partial charge in [-0.05, 0) is 0 Å². The van der Waals surface area contributed by atoms with Gasteiger partial charge in [0.25, 0.3) is 0 Å². The van der Waals surface area contributed by atoms with E-state index in [1.54, 1.807) is 0 Å². The first-order chi connectivity index (χ1) is 5.87. The zero-order valence-electron chi connectivity index (χ0n) is 7.25. The third-order valence-corrected chi connectivity index (χ3v) is 2.48. The van der Waals surface area contributed by atoms with Crippen LogP contribution in [0.25, 0.3) is 0 Å². The molecule has 3 nitrogen and oxygen atoms in total. The number of carbonyl (C=O) groups is 1. The van der Waals surface area contributed by atoms with Crippen LogP contribution < -0.4 is 0 Å². The fourth-order valence-electron chi connectivity index (χ4n) is 1.42. The van der Waals surface area contributed by atoms with Gasteiger partial charge in [-0.3, -0.25) is 4.79 Å². The van der Waals surface area contributed by atoms with E-state index in [-0.39, 0.29) is 16.0 Å². The lowest BCUT2D eigenvalue weighted by Gasteiger charge is -2.00. The normalized spacial score (nSPS) is 29.2. The van der Waals surface area contributed by atoms with Gasteiger partial charge in [0.05, 0.1) is 0 Å². The monoisotopic (exact) mass is 224 g/mol. The molecule has 0 heterocycles. The van der Waals surface area contributed by atoms with Crippen molar-refractivity contribution in [2.45, 2.75) is 20.0 Å². The second-order valence-electron chi connectivity index (χ2n) is 3.60. The fraction of sp³-hybridized carbons (Fsp3) is 0.625. The summed E-state index contributed by atoms with van der Waals surface area (Å²) >= 11 is 10.6. The van der Waals surface area contributed by atoms with Crippen molar-refractivity contribution in [2.75, 3.05) is 0 Å². The van der Waals surface area contributed by atoms with E-state index >= 15 is 0 Å². The predicted octanol–water partition coefficient (Wildman–Crippen LogP) is 2.39. The van der Waals surface area contributed by atoms with Crippen LogP contribution in [0.5, 0.6) is 0 Å². The third kappa shape index (κ3) is 2.09. The zero-order valence-corrected chi connectivity index (χ0v) is 8.76. The van der Waals surface area contributed by atoms with Gasteiger partial charge in [0.2, 0.25) is 0 Å². The average Bonchev–Trinajstić information content (AvgIpc) is 2.48. The van der Waals surface area contributed by atoms with Gasteiger partial charge >= 0.3 is 5.97 Å². The standard InChI is InChI=1S/C8H10Cl2O3/c1-8(2)5(7(11)12)6(8)13-3-4(9)10/h3,5-6H,1-2H3,(H,11,12). The Balaban J connectivity index is 2.56. The molecule has 74 valence electrons. The highest BCUT2D eigenvalue weighted by Gasteiger charge is 2.64. The minimum atomic E-state index is -0.853. The highest BCUT2D eigenvalue weighted by Crippen LogP contribution is 2.54. The average molecular weight is 225 g/mol. The fourth-order valence-corrected chi connectivity index (χ4v) is 1.52. The molecule has 1 fully saturated rings. The van der Waals surface area contributed by atoms with Crippen molar-refractivity contribution in [1.29, 1.82) is 0 Å². The summed E-state index contributed by atoms with van der Waals surface area (Å²) in [5.41, 5.74) is -0.342. The van der Waals surface area contributed by atoms with Gasteiger partial charge in [-0.25, -0.2) is 0 Å². The van der Waals surface area contributed by atoms with Crippen LogP contribution in [0.1, 0.15) is 13.8 Å². The molecule has 0 aliphatic heterocycles. The van der Waals surface area contributed by atoms with Gasteiger partial charge in [-0.2, -0.15) is 0 Å². The molecule has 0 bridgehead atoms. The zero-order chi connectivity index (χ0) is 10.2. The summed E-state index contributed by atoms with van der Waals surface area (Å²) in [4.78, 5) is 10.7. The third-order valence-electron chi connectivity index (χ3n) is 2.30. The number of hydrogen-bond acceptors (Lipinski definition) is 2. The van der Waals surface area contributed by atoms with Crippen LogP contribution in [0.15, 0.2) is 10.8 Å². The van der Waals surface area contributed by atoms with Crippen molar-refractivity contribution in [3.63, 3.8) is 0 Å². The molecular weight excluding hydrogens is 215 g/mol. The van der Waals surface area contributed by atoms with Gasteiger partial charge < -0.3 is 9.84 Å². The summed E-state index contributed by atoms with van der Waals surface area (Å²) in [5.74, 6) is -1.33. The highest BCUT2D eigenvalue weighted by atomic mass is 35.5. The molecule has 0 aromatic heterocycles. The van der Waals surface area contributed by atoms with Crippen LogP contribution in [0, 0.1) is 11.3 Å². The number of rotatable bonds is 3. The smallest absolute Gasteiger partial charge is 0.310 e. The molecule has 0 amide bonds. The van der Waals surface area contributed by atoms with Gasteiger partial charge in [0.1, 0.15) is 22.8 Å². The van der Waals surface area contributed by atoms with E-state index in [0.717, 1.165) is 0 Å². The second-order valence-corrected chi connectivity index (χ2v) is 4.61. The van der Waals surface area contributed by atoms with Crippen LogP contribution in [0.2, 0.25) is 0 Å². The van der Waals surface area contributed by atoms with Gasteiger partial charge in [0, 0.05) is 5.41 Å². The first kappa shape index (κ1) is 10.7. The SMILES string of the molecule is CC1(C)C(OC=C(Cl)Cl)C1C(=O)O. The van der Waals surface area contributed by atoms with Crippen LogP contribution in [-0.4, -0.2) is 17.2 Å². The van der Waals surface area contributed by atoms with E-state index in [4.69, 9.17) is 33.0 Å². The van der Waals surface area contributed by atoms with E-state index in [9.17, 15) is 4.79 Å². The molecule has 2 unspecified atom stereocenters.